The number of nitrogens with one attached hydrogen (secondary N) is 2. The van der Waals surface area contributed by atoms with Crippen molar-refractivity contribution in [3.8, 4) is 5.75 Å². The van der Waals surface area contributed by atoms with Gasteiger partial charge in [-0.25, -0.2) is 0 Å². The molecule has 23 heavy (non-hydrogen) atoms. The monoisotopic (exact) mass is 361 g/mol. The molecule has 1 amide bonds. The van der Waals surface area contributed by atoms with Gasteiger partial charge in [0.05, 0.1) is 18.7 Å². The highest BCUT2D eigenvalue weighted by atomic mass is 35.5. The highest BCUT2D eigenvalue weighted by Gasteiger charge is 2.18. The second-order valence-electron chi connectivity index (χ2n) is 5.65. The van der Waals surface area contributed by atoms with Crippen LogP contribution < -0.4 is 15.4 Å². The van der Waals surface area contributed by atoms with Gasteiger partial charge in [-0.2, -0.15) is 0 Å². The lowest BCUT2D eigenvalue weighted by Gasteiger charge is -2.26. The highest BCUT2D eigenvalue weighted by molar-refractivity contribution is 6.32. The average Bonchev–Trinajstić information content (AvgIpc) is 2.76. The van der Waals surface area contributed by atoms with Gasteiger partial charge in [-0.3, -0.25) is 9.69 Å². The van der Waals surface area contributed by atoms with Crippen LogP contribution in [0.1, 0.15) is 19.3 Å². The predicted molar refractivity (Wildman–Crippen MR) is 97.0 cm³/mol. The number of hydrogen-bond donors (Lipinski definition) is 2. The van der Waals surface area contributed by atoms with E-state index in [2.05, 4.69) is 15.5 Å². The number of hydrogen-bond acceptors (Lipinski definition) is 4. The van der Waals surface area contributed by atoms with Crippen molar-refractivity contribution < 1.29 is 9.53 Å². The second-order valence-corrected chi connectivity index (χ2v) is 6.05. The maximum Gasteiger partial charge on any atom is 0.238 e. The van der Waals surface area contributed by atoms with E-state index in [1.54, 1.807) is 25.3 Å². The quantitative estimate of drug-likeness (QED) is 0.846. The molecule has 1 aromatic rings. The Morgan fingerprint density at radius 1 is 1.43 bits per heavy atom. The predicted octanol–water partition coefficient (Wildman–Crippen LogP) is 2.78. The third-order valence-electron chi connectivity index (χ3n) is 4.00. The van der Waals surface area contributed by atoms with Crippen LogP contribution in [0.3, 0.4) is 0 Å². The van der Waals surface area contributed by atoms with Crippen molar-refractivity contribution in [1.29, 1.82) is 0 Å². The van der Waals surface area contributed by atoms with Crippen molar-refractivity contribution in [2.45, 2.75) is 25.3 Å². The molecule has 1 aromatic carbocycles. The molecule has 1 aliphatic rings. The summed E-state index contributed by atoms with van der Waals surface area (Å²) in [6, 6.07) is 5.70. The molecule has 0 spiro atoms. The number of likely N-dealkylation sites (N-methyl/N-ethyl adjacent to an activating group) is 1. The number of rotatable bonds is 5. The van der Waals surface area contributed by atoms with Crippen LogP contribution in [0, 0.1) is 0 Å². The molecule has 7 heteroatoms. The largest absolute Gasteiger partial charge is 0.495 e. The minimum absolute atomic E-state index is 0. The lowest BCUT2D eigenvalue weighted by atomic mass is 10.1. The molecule has 2 N–H and O–H groups in total. The average molecular weight is 362 g/mol. The zero-order chi connectivity index (χ0) is 15.9. The summed E-state index contributed by atoms with van der Waals surface area (Å²) < 4.78 is 5.10. The summed E-state index contributed by atoms with van der Waals surface area (Å²) in [6.07, 6.45) is 3.37. The standard InChI is InChI=1S/C16H24ClN3O2.ClH/c1-20(13-4-3-8-18-9-7-13)11-16(21)19-12-5-6-15(22-2)14(17)10-12;/h5-6,10,13,18H,3-4,7-9,11H2,1-2H3,(H,19,21);1H. The molecule has 0 radical (unpaired) electrons. The Morgan fingerprint density at radius 2 is 2.22 bits per heavy atom. The van der Waals surface area contributed by atoms with Gasteiger partial charge in [0.2, 0.25) is 5.91 Å². The fourth-order valence-electron chi connectivity index (χ4n) is 2.74. The molecule has 0 aliphatic carbocycles. The number of ether oxygens (including phenoxy) is 1. The first-order valence-electron chi connectivity index (χ1n) is 7.64. The van der Waals surface area contributed by atoms with E-state index in [-0.39, 0.29) is 18.3 Å². The zero-order valence-electron chi connectivity index (χ0n) is 13.6. The number of methoxy groups -OCH3 is 1. The first kappa shape index (κ1) is 20.0. The SMILES string of the molecule is COc1ccc(NC(=O)CN(C)C2CCCNCC2)cc1Cl.Cl. The van der Waals surface area contributed by atoms with Crippen molar-refractivity contribution in [3.63, 3.8) is 0 Å². The van der Waals surface area contributed by atoms with Crippen molar-refractivity contribution in [2.75, 3.05) is 39.1 Å². The van der Waals surface area contributed by atoms with Crippen molar-refractivity contribution in [2.24, 2.45) is 0 Å². The number of carbonyl (C=O) groups is 1. The molecule has 5 nitrogen and oxygen atoms in total. The molecule has 0 aromatic heterocycles. The van der Waals surface area contributed by atoms with Crippen LogP contribution in [-0.4, -0.2) is 50.6 Å². The molecular weight excluding hydrogens is 337 g/mol. The van der Waals surface area contributed by atoms with Crippen molar-refractivity contribution >= 4 is 35.6 Å². The maximum absolute atomic E-state index is 12.2. The lowest BCUT2D eigenvalue weighted by molar-refractivity contribution is -0.117. The summed E-state index contributed by atoms with van der Waals surface area (Å²) in [5.41, 5.74) is 0.687. The van der Waals surface area contributed by atoms with Gasteiger partial charge < -0.3 is 15.4 Å². The molecule has 130 valence electrons. The molecule has 1 saturated heterocycles. The van der Waals surface area contributed by atoms with Crippen LogP contribution in [0.4, 0.5) is 5.69 Å². The number of anilines is 1. The zero-order valence-corrected chi connectivity index (χ0v) is 15.2. The van der Waals surface area contributed by atoms with Gasteiger partial charge in [-0.05, 0) is 57.6 Å². The van der Waals surface area contributed by atoms with Gasteiger partial charge in [0.1, 0.15) is 5.75 Å². The Balaban J connectivity index is 0.00000264. The number of benzene rings is 1. The minimum Gasteiger partial charge on any atom is -0.495 e. The van der Waals surface area contributed by atoms with E-state index in [4.69, 9.17) is 16.3 Å². The Morgan fingerprint density at radius 3 is 2.91 bits per heavy atom. The van der Waals surface area contributed by atoms with Crippen molar-refractivity contribution in [3.05, 3.63) is 23.2 Å². The molecular formula is C16H25Cl2N3O2. The molecule has 1 aliphatic heterocycles. The minimum atomic E-state index is -0.0269. The van der Waals surface area contributed by atoms with E-state index in [1.165, 1.54) is 0 Å². The topological polar surface area (TPSA) is 53.6 Å². The van der Waals surface area contributed by atoms with Gasteiger partial charge >= 0.3 is 0 Å². The Bertz CT molecular complexity index is 506. The molecule has 2 rings (SSSR count). The van der Waals surface area contributed by atoms with Gasteiger partial charge in [-0.1, -0.05) is 11.6 Å². The third-order valence-corrected chi connectivity index (χ3v) is 4.29. The molecule has 0 saturated carbocycles. The van der Waals surface area contributed by atoms with E-state index >= 15 is 0 Å². The van der Waals surface area contributed by atoms with Gasteiger partial charge in [0.25, 0.3) is 0 Å². The van der Waals surface area contributed by atoms with E-state index in [0.717, 1.165) is 32.4 Å². The summed E-state index contributed by atoms with van der Waals surface area (Å²) in [5.74, 6) is 0.573. The molecule has 1 heterocycles. The third kappa shape index (κ3) is 6.18. The lowest BCUT2D eigenvalue weighted by Crippen LogP contribution is -2.38. The van der Waals surface area contributed by atoms with E-state index in [0.29, 0.717) is 29.0 Å². The van der Waals surface area contributed by atoms with Gasteiger partial charge in [0, 0.05) is 11.7 Å². The summed E-state index contributed by atoms with van der Waals surface area (Å²) in [6.45, 7) is 2.47. The summed E-state index contributed by atoms with van der Waals surface area (Å²) >= 11 is 6.06. The van der Waals surface area contributed by atoms with Crippen LogP contribution in [0.2, 0.25) is 5.02 Å². The maximum atomic E-state index is 12.2. The molecule has 1 atom stereocenters. The Labute approximate surface area is 149 Å². The van der Waals surface area contributed by atoms with E-state index in [1.807, 2.05) is 7.05 Å². The first-order valence-corrected chi connectivity index (χ1v) is 8.02. The fraction of sp³-hybridized carbons (Fsp3) is 0.562. The van der Waals surface area contributed by atoms with Crippen LogP contribution in [0.25, 0.3) is 0 Å². The van der Waals surface area contributed by atoms with Crippen LogP contribution in [0.15, 0.2) is 18.2 Å². The second kappa shape index (κ2) is 9.98. The van der Waals surface area contributed by atoms with Crippen LogP contribution in [-0.2, 0) is 4.79 Å². The number of amides is 1. The Hall–Kier alpha value is -1.01. The molecule has 1 fully saturated rings. The van der Waals surface area contributed by atoms with Crippen LogP contribution >= 0.6 is 24.0 Å². The Kier molecular flexibility index (Phi) is 8.69. The summed E-state index contributed by atoms with van der Waals surface area (Å²) in [7, 11) is 3.58. The van der Waals surface area contributed by atoms with E-state index < -0.39 is 0 Å². The van der Waals surface area contributed by atoms with Gasteiger partial charge in [0.15, 0.2) is 0 Å². The van der Waals surface area contributed by atoms with E-state index in [9.17, 15) is 4.79 Å². The first-order chi connectivity index (χ1) is 10.6. The molecule has 1 unspecified atom stereocenters. The fourth-order valence-corrected chi connectivity index (χ4v) is 3.00. The molecule has 0 bridgehead atoms. The highest BCUT2D eigenvalue weighted by Crippen LogP contribution is 2.27. The van der Waals surface area contributed by atoms with Gasteiger partial charge in [-0.15, -0.1) is 12.4 Å². The smallest absolute Gasteiger partial charge is 0.238 e. The van der Waals surface area contributed by atoms with Crippen LogP contribution in [0.5, 0.6) is 5.75 Å². The van der Waals surface area contributed by atoms with Crippen molar-refractivity contribution in [1.82, 2.24) is 10.2 Å². The number of halogens is 2. The number of nitrogens with zero attached hydrogens (tertiary/aromatic N) is 1. The normalized spacial score (nSPS) is 18.0. The summed E-state index contributed by atoms with van der Waals surface area (Å²) in [5, 5.41) is 6.76. The summed E-state index contributed by atoms with van der Waals surface area (Å²) in [4.78, 5) is 14.3. The number of carbonyl (C=O) groups excluding carboxylic acids is 1.